The van der Waals surface area contributed by atoms with E-state index in [0.717, 1.165) is 10.6 Å². The summed E-state index contributed by atoms with van der Waals surface area (Å²) in [5.41, 5.74) is 3.07. The Balaban J connectivity index is 1.66. The normalized spacial score (nSPS) is 11.3. The maximum absolute atomic E-state index is 12.3. The standard InChI is InChI=1S/C21H20N4O7S/c1-31-20-6-4-3-5-18(20)24(33(2,29)30)14-21(26)23-22-13-17-11-12-19(32-17)15-7-9-16(10-8-15)25(27)28/h3-13H,14H2,1-2H3,(H,23,26)/b22-13-. The monoisotopic (exact) mass is 472 g/mol. The second-order valence-corrected chi connectivity index (χ2v) is 8.65. The molecule has 12 heteroatoms. The molecule has 0 spiro atoms. The number of nitrogens with zero attached hydrogens (tertiary/aromatic N) is 3. The van der Waals surface area contributed by atoms with Gasteiger partial charge in [0.05, 0.1) is 30.2 Å². The highest BCUT2D eigenvalue weighted by molar-refractivity contribution is 7.92. The van der Waals surface area contributed by atoms with Crippen molar-refractivity contribution in [3.63, 3.8) is 0 Å². The summed E-state index contributed by atoms with van der Waals surface area (Å²) in [7, 11) is -2.38. The van der Waals surface area contributed by atoms with Crippen LogP contribution in [-0.2, 0) is 14.8 Å². The number of anilines is 1. The highest BCUT2D eigenvalue weighted by atomic mass is 32.2. The third-order valence-electron chi connectivity index (χ3n) is 4.41. The molecule has 1 N–H and O–H groups in total. The third kappa shape index (κ3) is 5.95. The predicted octanol–water partition coefficient (Wildman–Crippen LogP) is 2.78. The molecular formula is C21H20N4O7S. The average molecular weight is 472 g/mol. The van der Waals surface area contributed by atoms with E-state index < -0.39 is 27.4 Å². The Bertz CT molecular complexity index is 1280. The lowest BCUT2D eigenvalue weighted by molar-refractivity contribution is -0.384. The first kappa shape index (κ1) is 23.5. The van der Waals surface area contributed by atoms with Crippen LogP contribution in [-0.4, -0.2) is 45.4 Å². The number of carbonyl (C=O) groups is 1. The fraction of sp³-hybridized carbons (Fsp3) is 0.143. The number of hydrazone groups is 1. The summed E-state index contributed by atoms with van der Waals surface area (Å²) in [5, 5.41) is 14.5. The molecule has 0 aliphatic carbocycles. The number of furan rings is 1. The fourth-order valence-corrected chi connectivity index (χ4v) is 3.74. The van der Waals surface area contributed by atoms with Crippen molar-refractivity contribution in [3.8, 4) is 17.1 Å². The number of amides is 1. The van der Waals surface area contributed by atoms with Crippen LogP contribution in [0.2, 0.25) is 0 Å². The first-order valence-electron chi connectivity index (χ1n) is 9.46. The van der Waals surface area contributed by atoms with E-state index >= 15 is 0 Å². The second-order valence-electron chi connectivity index (χ2n) is 6.74. The van der Waals surface area contributed by atoms with Crippen LogP contribution in [0.4, 0.5) is 11.4 Å². The number of carbonyl (C=O) groups excluding carboxylic acids is 1. The molecule has 3 rings (SSSR count). The molecule has 0 bridgehead atoms. The molecule has 0 unspecified atom stereocenters. The molecule has 0 fully saturated rings. The van der Waals surface area contributed by atoms with E-state index in [0.29, 0.717) is 22.8 Å². The molecule has 0 saturated heterocycles. The van der Waals surface area contributed by atoms with E-state index in [-0.39, 0.29) is 11.4 Å². The van der Waals surface area contributed by atoms with Gasteiger partial charge in [0.2, 0.25) is 10.0 Å². The Labute approximate surface area is 189 Å². The highest BCUT2D eigenvalue weighted by Gasteiger charge is 2.23. The molecule has 0 saturated carbocycles. The van der Waals surface area contributed by atoms with E-state index in [2.05, 4.69) is 10.5 Å². The lowest BCUT2D eigenvalue weighted by Crippen LogP contribution is -2.39. The van der Waals surface area contributed by atoms with E-state index in [1.54, 1.807) is 42.5 Å². The number of benzene rings is 2. The molecule has 172 valence electrons. The van der Waals surface area contributed by atoms with E-state index in [1.807, 2.05) is 0 Å². The lowest BCUT2D eigenvalue weighted by Gasteiger charge is -2.23. The van der Waals surface area contributed by atoms with Gasteiger partial charge in [-0.2, -0.15) is 5.10 Å². The minimum atomic E-state index is -3.78. The highest BCUT2D eigenvalue weighted by Crippen LogP contribution is 2.29. The molecule has 3 aromatic rings. The van der Waals surface area contributed by atoms with Gasteiger partial charge in [-0.15, -0.1) is 0 Å². The summed E-state index contributed by atoms with van der Waals surface area (Å²) in [5.74, 6) is 0.392. The summed E-state index contributed by atoms with van der Waals surface area (Å²) in [6.45, 7) is -0.511. The number of nitrogens with one attached hydrogen (secondary N) is 1. The SMILES string of the molecule is COc1ccccc1N(CC(=O)N/N=C\c1ccc(-c2ccc([N+](=O)[O-])cc2)o1)S(C)(=O)=O. The molecule has 33 heavy (non-hydrogen) atoms. The van der Waals surface area contributed by atoms with Crippen molar-refractivity contribution in [2.45, 2.75) is 0 Å². The maximum Gasteiger partial charge on any atom is 0.269 e. The molecule has 0 atom stereocenters. The van der Waals surface area contributed by atoms with E-state index in [1.165, 1.54) is 31.5 Å². The van der Waals surface area contributed by atoms with Gasteiger partial charge >= 0.3 is 0 Å². The first-order valence-corrected chi connectivity index (χ1v) is 11.3. The molecule has 0 aliphatic heterocycles. The summed E-state index contributed by atoms with van der Waals surface area (Å²) >= 11 is 0. The number of hydrogen-bond acceptors (Lipinski definition) is 8. The zero-order valence-corrected chi connectivity index (χ0v) is 18.5. The van der Waals surface area contributed by atoms with Crippen LogP contribution in [0.5, 0.6) is 5.75 Å². The second kappa shape index (κ2) is 9.96. The van der Waals surface area contributed by atoms with Crippen molar-refractivity contribution < 1.29 is 27.3 Å². The Morgan fingerprint density at radius 3 is 2.52 bits per heavy atom. The molecule has 1 heterocycles. The van der Waals surface area contributed by atoms with Crippen LogP contribution >= 0.6 is 0 Å². The van der Waals surface area contributed by atoms with Gasteiger partial charge in [0.25, 0.3) is 11.6 Å². The maximum atomic E-state index is 12.3. The van der Waals surface area contributed by atoms with Gasteiger partial charge in [0.15, 0.2) is 0 Å². The predicted molar refractivity (Wildman–Crippen MR) is 122 cm³/mol. The van der Waals surface area contributed by atoms with Gasteiger partial charge < -0.3 is 9.15 Å². The fourth-order valence-electron chi connectivity index (χ4n) is 2.88. The average Bonchev–Trinajstić information content (AvgIpc) is 3.25. The molecule has 1 aromatic heterocycles. The van der Waals surface area contributed by atoms with E-state index in [4.69, 9.17) is 9.15 Å². The van der Waals surface area contributed by atoms with Crippen LogP contribution in [0.3, 0.4) is 0 Å². The Morgan fingerprint density at radius 2 is 1.88 bits per heavy atom. The number of sulfonamides is 1. The van der Waals surface area contributed by atoms with Crippen LogP contribution < -0.4 is 14.5 Å². The molecule has 1 amide bonds. The number of non-ortho nitro benzene ring substituents is 1. The summed E-state index contributed by atoms with van der Waals surface area (Å²) in [4.78, 5) is 22.6. The van der Waals surface area contributed by atoms with Gasteiger partial charge in [-0.25, -0.2) is 13.8 Å². The molecule has 0 radical (unpaired) electrons. The summed E-state index contributed by atoms with van der Waals surface area (Å²) in [6, 6.07) is 15.5. The van der Waals surface area contributed by atoms with Crippen LogP contribution in [0, 0.1) is 10.1 Å². The topological polar surface area (TPSA) is 144 Å². The first-order chi connectivity index (χ1) is 15.7. The van der Waals surface area contributed by atoms with Gasteiger partial charge in [-0.1, -0.05) is 12.1 Å². The number of hydrogen-bond donors (Lipinski definition) is 1. The van der Waals surface area contributed by atoms with Gasteiger partial charge in [0.1, 0.15) is 23.8 Å². The summed E-state index contributed by atoms with van der Waals surface area (Å²) in [6.07, 6.45) is 2.24. The van der Waals surface area contributed by atoms with Gasteiger partial charge in [0, 0.05) is 17.7 Å². The Hall–Kier alpha value is -4.19. The van der Waals surface area contributed by atoms with Crippen molar-refractivity contribution >= 4 is 33.5 Å². The zero-order valence-electron chi connectivity index (χ0n) is 17.7. The summed E-state index contributed by atoms with van der Waals surface area (Å²) < 4.78 is 36.1. The smallest absolute Gasteiger partial charge is 0.269 e. The van der Waals surface area contributed by atoms with Crippen molar-refractivity contribution in [1.29, 1.82) is 0 Å². The Kier molecular flexibility index (Phi) is 7.08. The third-order valence-corrected chi connectivity index (χ3v) is 5.54. The molecule has 0 aliphatic rings. The van der Waals surface area contributed by atoms with Crippen molar-refractivity contribution in [1.82, 2.24) is 5.43 Å². The minimum Gasteiger partial charge on any atom is -0.495 e. The molecule has 2 aromatic carbocycles. The Morgan fingerprint density at radius 1 is 1.18 bits per heavy atom. The minimum absolute atomic E-state index is 0.0361. The zero-order chi connectivity index (χ0) is 24.0. The number of nitro groups is 1. The van der Waals surface area contributed by atoms with Crippen LogP contribution in [0.25, 0.3) is 11.3 Å². The number of nitro benzene ring substituents is 1. The van der Waals surface area contributed by atoms with Crippen molar-refractivity contribution in [2.24, 2.45) is 5.10 Å². The quantitative estimate of drug-likeness (QED) is 0.286. The van der Waals surface area contributed by atoms with Crippen molar-refractivity contribution in [3.05, 3.63) is 76.5 Å². The molecular weight excluding hydrogens is 452 g/mol. The molecule has 11 nitrogen and oxygen atoms in total. The van der Waals surface area contributed by atoms with Crippen LogP contribution in [0.15, 0.2) is 70.2 Å². The van der Waals surface area contributed by atoms with Gasteiger partial charge in [-0.3, -0.25) is 19.2 Å². The number of para-hydroxylation sites is 2. The number of methoxy groups -OCH3 is 1. The van der Waals surface area contributed by atoms with Crippen LogP contribution in [0.1, 0.15) is 5.76 Å². The number of ether oxygens (including phenoxy) is 1. The van der Waals surface area contributed by atoms with Crippen molar-refractivity contribution in [2.75, 3.05) is 24.2 Å². The van der Waals surface area contributed by atoms with Gasteiger partial charge in [-0.05, 0) is 36.4 Å². The lowest BCUT2D eigenvalue weighted by atomic mass is 10.1. The number of rotatable bonds is 9. The van der Waals surface area contributed by atoms with E-state index in [9.17, 15) is 23.3 Å². The largest absolute Gasteiger partial charge is 0.495 e.